The molecule has 0 atom stereocenters. The fourth-order valence-electron chi connectivity index (χ4n) is 3.04. The summed E-state index contributed by atoms with van der Waals surface area (Å²) in [4.78, 5) is 18.0. The molecule has 0 saturated heterocycles. The number of carboxylic acid groups (broad SMARTS) is 1. The summed E-state index contributed by atoms with van der Waals surface area (Å²) in [6, 6.07) is 19.1. The first-order valence-corrected chi connectivity index (χ1v) is 8.11. The van der Waals surface area contributed by atoms with Crippen LogP contribution in [0.2, 0.25) is 0 Å². The van der Waals surface area contributed by atoms with Gasteiger partial charge in [0.2, 0.25) is 5.96 Å². The average molecular weight is 344 g/mol. The van der Waals surface area contributed by atoms with E-state index in [1.807, 2.05) is 66.5 Å². The van der Waals surface area contributed by atoms with Crippen molar-refractivity contribution < 1.29 is 9.90 Å². The van der Waals surface area contributed by atoms with Gasteiger partial charge in [-0.3, -0.25) is 0 Å². The topological polar surface area (TPSA) is 70.7 Å². The predicted octanol–water partition coefficient (Wildman–Crippen LogP) is 3.33. The van der Waals surface area contributed by atoms with Gasteiger partial charge in [0.1, 0.15) is 0 Å². The fourth-order valence-corrected chi connectivity index (χ4v) is 3.04. The number of carboxylic acids is 1. The van der Waals surface area contributed by atoms with Crippen molar-refractivity contribution >= 4 is 23.2 Å². The number of aliphatic imine (C=N–C) groups is 1. The van der Waals surface area contributed by atoms with Gasteiger partial charge in [-0.2, -0.15) is 9.78 Å². The molecule has 2 aromatic carbocycles. The molecule has 6 heteroatoms. The Morgan fingerprint density at radius 2 is 1.73 bits per heavy atom. The molecule has 26 heavy (non-hydrogen) atoms. The molecule has 2 heterocycles. The SMILES string of the molecule is CN1C(n2nccc2-c2ccccc2)=NC=C(C(=O)O)c2ccccc21. The minimum Gasteiger partial charge on any atom is -0.478 e. The Labute approximate surface area is 150 Å². The van der Waals surface area contributed by atoms with Gasteiger partial charge < -0.3 is 10.0 Å². The Morgan fingerprint density at radius 3 is 2.50 bits per heavy atom. The average Bonchev–Trinajstić information content (AvgIpc) is 3.09. The van der Waals surface area contributed by atoms with E-state index in [-0.39, 0.29) is 5.57 Å². The molecular formula is C20H16N4O2. The predicted molar refractivity (Wildman–Crippen MR) is 101 cm³/mol. The zero-order valence-electron chi connectivity index (χ0n) is 14.1. The molecule has 3 aromatic rings. The molecule has 0 aliphatic carbocycles. The van der Waals surface area contributed by atoms with Crippen LogP contribution in [0, 0.1) is 0 Å². The maximum atomic E-state index is 11.7. The number of benzene rings is 2. The summed E-state index contributed by atoms with van der Waals surface area (Å²) in [7, 11) is 1.85. The van der Waals surface area contributed by atoms with Crippen LogP contribution in [0.15, 0.2) is 78.1 Å². The van der Waals surface area contributed by atoms with Crippen LogP contribution in [0.1, 0.15) is 5.56 Å². The molecule has 4 rings (SSSR count). The van der Waals surface area contributed by atoms with Gasteiger partial charge in [0, 0.05) is 24.4 Å². The van der Waals surface area contributed by atoms with Crippen molar-refractivity contribution in [2.24, 2.45) is 4.99 Å². The third kappa shape index (κ3) is 2.57. The second-order valence-electron chi connectivity index (χ2n) is 5.85. The third-order valence-corrected chi connectivity index (χ3v) is 4.30. The molecule has 0 radical (unpaired) electrons. The number of nitrogens with zero attached hydrogens (tertiary/aromatic N) is 4. The lowest BCUT2D eigenvalue weighted by atomic mass is 10.0. The molecule has 0 unspecified atom stereocenters. The standard InChI is InChI=1S/C20H16N4O2/c1-23-18-10-6-5-9-15(18)16(19(25)26)13-21-20(23)24-17(11-12-22-24)14-7-3-2-4-8-14/h2-13H,1H3,(H,25,26). The van der Waals surface area contributed by atoms with E-state index in [1.54, 1.807) is 16.9 Å². The zero-order valence-corrected chi connectivity index (χ0v) is 14.1. The van der Waals surface area contributed by atoms with Gasteiger partial charge in [-0.15, -0.1) is 0 Å². The molecule has 1 N–H and O–H groups in total. The van der Waals surface area contributed by atoms with Gasteiger partial charge in [-0.05, 0) is 12.1 Å². The van der Waals surface area contributed by atoms with Gasteiger partial charge in [-0.1, -0.05) is 48.5 Å². The summed E-state index contributed by atoms with van der Waals surface area (Å²) in [5, 5.41) is 14.0. The van der Waals surface area contributed by atoms with E-state index in [9.17, 15) is 9.90 Å². The Hall–Kier alpha value is -3.67. The molecule has 1 aliphatic heterocycles. The second-order valence-corrected chi connectivity index (χ2v) is 5.85. The van der Waals surface area contributed by atoms with E-state index in [2.05, 4.69) is 10.1 Å². The highest BCUT2D eigenvalue weighted by Crippen LogP contribution is 2.30. The maximum Gasteiger partial charge on any atom is 0.337 e. The highest BCUT2D eigenvalue weighted by Gasteiger charge is 2.24. The summed E-state index contributed by atoms with van der Waals surface area (Å²) in [6.45, 7) is 0. The molecule has 0 saturated carbocycles. The number of fused-ring (bicyclic) bond motifs is 1. The van der Waals surface area contributed by atoms with Crippen LogP contribution in [0.4, 0.5) is 5.69 Å². The van der Waals surface area contributed by atoms with Gasteiger partial charge in [-0.25, -0.2) is 9.79 Å². The quantitative estimate of drug-likeness (QED) is 0.774. The summed E-state index contributed by atoms with van der Waals surface area (Å²) >= 11 is 0. The van der Waals surface area contributed by atoms with Crippen molar-refractivity contribution in [1.82, 2.24) is 9.78 Å². The molecule has 128 valence electrons. The van der Waals surface area contributed by atoms with Crippen LogP contribution in [0.25, 0.3) is 16.8 Å². The summed E-state index contributed by atoms with van der Waals surface area (Å²) < 4.78 is 1.72. The number of rotatable bonds is 2. The maximum absolute atomic E-state index is 11.7. The zero-order chi connectivity index (χ0) is 18.1. The monoisotopic (exact) mass is 344 g/mol. The second kappa shape index (κ2) is 6.33. The van der Waals surface area contributed by atoms with Crippen LogP contribution in [0.5, 0.6) is 0 Å². The molecule has 0 bridgehead atoms. The normalized spacial score (nSPS) is 13.5. The lowest BCUT2D eigenvalue weighted by molar-refractivity contribution is -0.130. The lowest BCUT2D eigenvalue weighted by Crippen LogP contribution is -2.33. The Kier molecular flexibility index (Phi) is 3.85. The smallest absolute Gasteiger partial charge is 0.337 e. The summed E-state index contributed by atoms with van der Waals surface area (Å²) in [6.07, 6.45) is 3.09. The highest BCUT2D eigenvalue weighted by molar-refractivity contribution is 6.19. The number of aliphatic carboxylic acids is 1. The summed E-state index contributed by atoms with van der Waals surface area (Å²) in [5.74, 6) is -0.489. The first-order chi connectivity index (χ1) is 12.7. The highest BCUT2D eigenvalue weighted by atomic mass is 16.4. The van der Waals surface area contributed by atoms with Crippen LogP contribution >= 0.6 is 0 Å². The largest absolute Gasteiger partial charge is 0.478 e. The van der Waals surface area contributed by atoms with E-state index in [0.717, 1.165) is 16.9 Å². The van der Waals surface area contributed by atoms with Crippen LogP contribution in [-0.4, -0.2) is 33.9 Å². The molecule has 1 aliphatic rings. The van der Waals surface area contributed by atoms with Crippen molar-refractivity contribution in [3.8, 4) is 11.3 Å². The summed E-state index contributed by atoms with van der Waals surface area (Å²) in [5.41, 5.74) is 3.40. The van der Waals surface area contributed by atoms with Gasteiger partial charge >= 0.3 is 5.97 Å². The van der Waals surface area contributed by atoms with Crippen LogP contribution < -0.4 is 4.90 Å². The number of carbonyl (C=O) groups is 1. The Bertz CT molecular complexity index is 1030. The van der Waals surface area contributed by atoms with E-state index in [1.165, 1.54) is 6.20 Å². The number of aromatic nitrogens is 2. The molecule has 1 aromatic heterocycles. The Morgan fingerprint density at radius 1 is 1.00 bits per heavy atom. The number of hydrogen-bond donors (Lipinski definition) is 1. The molecule has 6 nitrogen and oxygen atoms in total. The van der Waals surface area contributed by atoms with E-state index >= 15 is 0 Å². The number of para-hydroxylation sites is 1. The number of hydrogen-bond acceptors (Lipinski definition) is 4. The van der Waals surface area contributed by atoms with Crippen molar-refractivity contribution in [1.29, 1.82) is 0 Å². The first kappa shape index (κ1) is 15.8. The molecular weight excluding hydrogens is 328 g/mol. The van der Waals surface area contributed by atoms with Gasteiger partial charge in [0.25, 0.3) is 0 Å². The van der Waals surface area contributed by atoms with Crippen LogP contribution in [0.3, 0.4) is 0 Å². The van der Waals surface area contributed by atoms with E-state index in [0.29, 0.717) is 11.5 Å². The third-order valence-electron chi connectivity index (χ3n) is 4.30. The van der Waals surface area contributed by atoms with Gasteiger partial charge in [0.05, 0.1) is 23.2 Å². The Balaban J connectivity index is 1.89. The number of anilines is 1. The fraction of sp³-hybridized carbons (Fsp3) is 0.0500. The minimum absolute atomic E-state index is 0.149. The van der Waals surface area contributed by atoms with Crippen molar-refractivity contribution in [2.45, 2.75) is 0 Å². The van der Waals surface area contributed by atoms with E-state index < -0.39 is 5.97 Å². The van der Waals surface area contributed by atoms with Crippen molar-refractivity contribution in [2.75, 3.05) is 11.9 Å². The van der Waals surface area contributed by atoms with Gasteiger partial charge in [0.15, 0.2) is 0 Å². The van der Waals surface area contributed by atoms with Crippen molar-refractivity contribution in [3.63, 3.8) is 0 Å². The minimum atomic E-state index is -1.01. The van der Waals surface area contributed by atoms with E-state index in [4.69, 9.17) is 0 Å². The molecule has 0 spiro atoms. The van der Waals surface area contributed by atoms with Crippen molar-refractivity contribution in [3.05, 3.63) is 78.6 Å². The first-order valence-electron chi connectivity index (χ1n) is 8.11. The lowest BCUT2D eigenvalue weighted by Gasteiger charge is -2.23. The molecule has 0 amide bonds. The van der Waals surface area contributed by atoms with Crippen LogP contribution in [-0.2, 0) is 4.79 Å². The molecule has 0 fully saturated rings.